The van der Waals surface area contributed by atoms with Crippen LogP contribution in [0.1, 0.15) is 0 Å². The molecule has 0 saturated heterocycles. The molecule has 0 aliphatic carbocycles. The Morgan fingerprint density at radius 2 is 2.27 bits per heavy atom. The molecule has 0 atom stereocenters. The van der Waals surface area contributed by atoms with Gasteiger partial charge in [-0.3, -0.25) is 4.98 Å². The van der Waals surface area contributed by atoms with Crippen LogP contribution in [0.4, 0.5) is 5.69 Å². The molecule has 0 bridgehead atoms. The predicted octanol–water partition coefficient (Wildman–Crippen LogP) is 2.87. The normalized spacial score (nSPS) is 10.9. The Hall–Kier alpha value is -1.81. The van der Waals surface area contributed by atoms with E-state index in [0.29, 0.717) is 0 Å². The van der Waals surface area contributed by atoms with E-state index >= 15 is 0 Å². The molecule has 0 amide bonds. The lowest BCUT2D eigenvalue weighted by atomic mass is 10.1. The fourth-order valence-electron chi connectivity index (χ4n) is 1.70. The zero-order valence-electron chi connectivity index (χ0n) is 7.90. The first-order chi connectivity index (χ1) is 7.34. The highest BCUT2D eigenvalue weighted by molar-refractivity contribution is 7.13. The van der Waals surface area contributed by atoms with Crippen LogP contribution in [0, 0.1) is 0 Å². The third kappa shape index (κ3) is 1.30. The number of thiazole rings is 1. The van der Waals surface area contributed by atoms with Crippen LogP contribution in [-0.2, 0) is 0 Å². The molecule has 0 saturated carbocycles. The maximum Gasteiger partial charge on any atom is 0.0797 e. The van der Waals surface area contributed by atoms with Gasteiger partial charge < -0.3 is 10.7 Å². The summed E-state index contributed by atoms with van der Waals surface area (Å²) < 4.78 is 0. The minimum Gasteiger partial charge on any atom is -0.399 e. The third-order valence-electron chi connectivity index (χ3n) is 2.40. The van der Waals surface area contributed by atoms with Gasteiger partial charge in [0.05, 0.1) is 10.4 Å². The van der Waals surface area contributed by atoms with Gasteiger partial charge in [-0.2, -0.15) is 0 Å². The van der Waals surface area contributed by atoms with Gasteiger partial charge in [0.1, 0.15) is 0 Å². The highest BCUT2D eigenvalue weighted by atomic mass is 32.1. The van der Waals surface area contributed by atoms with E-state index in [0.717, 1.165) is 11.2 Å². The first-order valence-corrected chi connectivity index (χ1v) is 5.48. The van der Waals surface area contributed by atoms with E-state index in [1.165, 1.54) is 15.8 Å². The second-order valence-electron chi connectivity index (χ2n) is 3.37. The van der Waals surface area contributed by atoms with Crippen molar-refractivity contribution in [2.45, 2.75) is 0 Å². The highest BCUT2D eigenvalue weighted by Gasteiger charge is 2.06. The minimum absolute atomic E-state index is 0.778. The molecule has 0 fully saturated rings. The van der Waals surface area contributed by atoms with Gasteiger partial charge in [-0.1, -0.05) is 6.07 Å². The Bertz CT molecular complexity index is 595. The Morgan fingerprint density at radius 1 is 1.33 bits per heavy atom. The number of aromatic nitrogens is 2. The average molecular weight is 215 g/mol. The number of hydrogen-bond donors (Lipinski definition) is 2. The lowest BCUT2D eigenvalue weighted by molar-refractivity contribution is 1.42. The molecular formula is C11H9N3S. The third-order valence-corrected chi connectivity index (χ3v) is 3.21. The van der Waals surface area contributed by atoms with Crippen molar-refractivity contribution in [1.29, 1.82) is 0 Å². The largest absolute Gasteiger partial charge is 0.399 e. The highest BCUT2D eigenvalue weighted by Crippen LogP contribution is 2.31. The second-order valence-corrected chi connectivity index (χ2v) is 4.26. The van der Waals surface area contributed by atoms with Crippen LogP contribution >= 0.6 is 11.3 Å². The minimum atomic E-state index is 0.778. The van der Waals surface area contributed by atoms with Crippen molar-refractivity contribution in [2.24, 2.45) is 0 Å². The smallest absolute Gasteiger partial charge is 0.0797 e. The number of nitrogens with one attached hydrogen (secondary N) is 1. The summed E-state index contributed by atoms with van der Waals surface area (Å²) in [5.74, 6) is 0. The average Bonchev–Trinajstić information content (AvgIpc) is 2.82. The van der Waals surface area contributed by atoms with Gasteiger partial charge in [-0.25, -0.2) is 0 Å². The summed E-state index contributed by atoms with van der Waals surface area (Å²) in [5, 5.41) is 1.19. The van der Waals surface area contributed by atoms with E-state index in [1.807, 2.05) is 36.1 Å². The first-order valence-electron chi connectivity index (χ1n) is 4.60. The Kier molecular flexibility index (Phi) is 1.76. The zero-order chi connectivity index (χ0) is 10.3. The van der Waals surface area contributed by atoms with Crippen molar-refractivity contribution < 1.29 is 0 Å². The van der Waals surface area contributed by atoms with Crippen molar-refractivity contribution >= 4 is 27.9 Å². The second kappa shape index (κ2) is 3.10. The molecule has 3 N–H and O–H groups in total. The van der Waals surface area contributed by atoms with Crippen molar-refractivity contribution in [1.82, 2.24) is 9.97 Å². The van der Waals surface area contributed by atoms with Crippen molar-refractivity contribution in [2.75, 3.05) is 5.73 Å². The molecule has 15 heavy (non-hydrogen) atoms. The molecule has 0 aliphatic heterocycles. The number of nitrogens with zero attached hydrogens (tertiary/aromatic N) is 1. The fraction of sp³-hybridized carbons (Fsp3) is 0. The Morgan fingerprint density at radius 3 is 3.07 bits per heavy atom. The molecule has 1 aromatic carbocycles. The quantitative estimate of drug-likeness (QED) is 0.613. The van der Waals surface area contributed by atoms with Gasteiger partial charge in [0.15, 0.2) is 0 Å². The Balaban J connectivity index is 2.29. The van der Waals surface area contributed by atoms with Gasteiger partial charge in [0.25, 0.3) is 0 Å². The summed E-state index contributed by atoms with van der Waals surface area (Å²) >= 11 is 1.64. The molecule has 3 rings (SSSR count). The van der Waals surface area contributed by atoms with Crippen LogP contribution < -0.4 is 5.73 Å². The van der Waals surface area contributed by atoms with E-state index in [2.05, 4.69) is 9.97 Å². The standard InChI is InChI=1S/C11H9N3S/c12-7-1-2-8-9(4-14-10(8)3-7)11-5-13-6-15-11/h1-6,14H,12H2. The fourth-order valence-corrected chi connectivity index (χ4v) is 2.35. The summed E-state index contributed by atoms with van der Waals surface area (Å²) in [7, 11) is 0. The number of hydrogen-bond acceptors (Lipinski definition) is 3. The summed E-state index contributed by atoms with van der Waals surface area (Å²) in [6.45, 7) is 0. The summed E-state index contributed by atoms with van der Waals surface area (Å²) in [6, 6.07) is 5.90. The lowest BCUT2D eigenvalue weighted by Crippen LogP contribution is -1.82. The van der Waals surface area contributed by atoms with Crippen LogP contribution in [0.3, 0.4) is 0 Å². The lowest BCUT2D eigenvalue weighted by Gasteiger charge is -1.95. The van der Waals surface area contributed by atoms with E-state index < -0.39 is 0 Å². The van der Waals surface area contributed by atoms with E-state index in [-0.39, 0.29) is 0 Å². The maximum absolute atomic E-state index is 5.72. The van der Waals surface area contributed by atoms with E-state index in [9.17, 15) is 0 Å². The van der Waals surface area contributed by atoms with E-state index in [4.69, 9.17) is 5.73 Å². The number of aromatic amines is 1. The SMILES string of the molecule is Nc1ccc2c(-c3cncs3)c[nH]c2c1. The molecule has 0 unspecified atom stereocenters. The maximum atomic E-state index is 5.72. The van der Waals surface area contributed by atoms with E-state index in [1.54, 1.807) is 11.3 Å². The number of benzene rings is 1. The van der Waals surface area contributed by atoms with Crippen LogP contribution in [0.5, 0.6) is 0 Å². The summed E-state index contributed by atoms with van der Waals surface area (Å²) in [6.07, 6.45) is 3.88. The number of rotatable bonds is 1. The monoisotopic (exact) mass is 215 g/mol. The number of anilines is 1. The summed E-state index contributed by atoms with van der Waals surface area (Å²) in [5.41, 5.74) is 10.6. The molecule has 4 heteroatoms. The molecule has 3 nitrogen and oxygen atoms in total. The summed E-state index contributed by atoms with van der Waals surface area (Å²) in [4.78, 5) is 8.47. The Labute approximate surface area is 90.6 Å². The van der Waals surface area contributed by atoms with Gasteiger partial charge in [0.2, 0.25) is 0 Å². The first kappa shape index (κ1) is 8.49. The van der Waals surface area contributed by atoms with Crippen LogP contribution in [0.15, 0.2) is 36.1 Å². The molecule has 2 heterocycles. The van der Waals surface area contributed by atoms with Crippen LogP contribution in [-0.4, -0.2) is 9.97 Å². The zero-order valence-corrected chi connectivity index (χ0v) is 8.71. The number of nitrogens with two attached hydrogens (primary N) is 1. The molecule has 3 aromatic rings. The van der Waals surface area contributed by atoms with Gasteiger partial charge >= 0.3 is 0 Å². The van der Waals surface area contributed by atoms with Crippen LogP contribution in [0.25, 0.3) is 21.3 Å². The number of nitrogen functional groups attached to an aromatic ring is 1. The molecule has 0 spiro atoms. The number of fused-ring (bicyclic) bond motifs is 1. The topological polar surface area (TPSA) is 54.7 Å². The van der Waals surface area contributed by atoms with Crippen molar-refractivity contribution in [3.05, 3.63) is 36.1 Å². The van der Waals surface area contributed by atoms with Crippen molar-refractivity contribution in [3.63, 3.8) is 0 Å². The molecule has 0 aliphatic rings. The molecule has 74 valence electrons. The molecular weight excluding hydrogens is 206 g/mol. The van der Waals surface area contributed by atoms with Crippen molar-refractivity contribution in [3.8, 4) is 10.4 Å². The van der Waals surface area contributed by atoms with Gasteiger partial charge in [-0.05, 0) is 12.1 Å². The van der Waals surface area contributed by atoms with Gasteiger partial charge in [-0.15, -0.1) is 11.3 Å². The van der Waals surface area contributed by atoms with Crippen LogP contribution in [0.2, 0.25) is 0 Å². The molecule has 0 radical (unpaired) electrons. The molecule has 2 aromatic heterocycles. The van der Waals surface area contributed by atoms with Gasteiger partial charge in [0, 0.05) is 34.5 Å². The predicted molar refractivity (Wildman–Crippen MR) is 63.8 cm³/mol. The number of H-pyrrole nitrogens is 1.